The molecule has 0 radical (unpaired) electrons. The van der Waals surface area contributed by atoms with Gasteiger partial charge in [-0.25, -0.2) is 0 Å². The van der Waals surface area contributed by atoms with E-state index < -0.39 is 0 Å². The van der Waals surface area contributed by atoms with Gasteiger partial charge in [0.05, 0.1) is 11.6 Å². The van der Waals surface area contributed by atoms with Crippen molar-refractivity contribution >= 4 is 28.4 Å². The summed E-state index contributed by atoms with van der Waals surface area (Å²) in [5.41, 5.74) is 0.631. The molecule has 0 bridgehead atoms. The molecule has 1 aliphatic rings. The van der Waals surface area contributed by atoms with E-state index in [0.29, 0.717) is 35.2 Å². The highest BCUT2D eigenvalue weighted by Gasteiger charge is 2.24. The molecule has 0 aliphatic carbocycles. The number of nitrogens with zero attached hydrogens (tertiary/aromatic N) is 2. The third kappa shape index (κ3) is 3.82. The van der Waals surface area contributed by atoms with Crippen LogP contribution in [0, 0.1) is 0 Å². The lowest BCUT2D eigenvalue weighted by atomic mass is 10.2. The average Bonchev–Trinajstić information content (AvgIpc) is 2.73. The molecule has 0 N–H and O–H groups in total. The Bertz CT molecular complexity index is 1010. The van der Waals surface area contributed by atoms with Crippen molar-refractivity contribution in [3.63, 3.8) is 0 Å². The van der Waals surface area contributed by atoms with Gasteiger partial charge < -0.3 is 19.1 Å². The highest BCUT2D eigenvalue weighted by atomic mass is 35.5. The van der Waals surface area contributed by atoms with Crippen molar-refractivity contribution in [3.05, 3.63) is 59.8 Å². The Morgan fingerprint density at radius 2 is 2.04 bits per heavy atom. The molecule has 2 aromatic carbocycles. The minimum Gasteiger partial charge on any atom is -0.486 e. The molecule has 1 amide bonds. The molecular formula is C21H19ClN2O4. The molecule has 144 valence electrons. The van der Waals surface area contributed by atoms with E-state index in [9.17, 15) is 4.79 Å². The molecule has 1 atom stereocenters. The first-order valence-electron chi connectivity index (χ1n) is 8.90. The number of hydrogen-bond donors (Lipinski definition) is 0. The molecule has 3 aromatic rings. The number of benzene rings is 2. The molecule has 0 spiro atoms. The van der Waals surface area contributed by atoms with Gasteiger partial charge >= 0.3 is 0 Å². The zero-order valence-electron chi connectivity index (χ0n) is 15.3. The summed E-state index contributed by atoms with van der Waals surface area (Å²) >= 11 is 6.19. The summed E-state index contributed by atoms with van der Waals surface area (Å²) in [7, 11) is 1.72. The number of pyridine rings is 1. The first-order chi connectivity index (χ1) is 13.6. The number of amides is 1. The van der Waals surface area contributed by atoms with E-state index >= 15 is 0 Å². The van der Waals surface area contributed by atoms with Crippen molar-refractivity contribution in [3.8, 4) is 17.2 Å². The fourth-order valence-electron chi connectivity index (χ4n) is 3.04. The normalized spacial score (nSPS) is 15.3. The van der Waals surface area contributed by atoms with Gasteiger partial charge in [-0.15, -0.1) is 0 Å². The third-order valence-corrected chi connectivity index (χ3v) is 4.83. The van der Waals surface area contributed by atoms with Crippen molar-refractivity contribution < 1.29 is 19.0 Å². The lowest BCUT2D eigenvalue weighted by Crippen LogP contribution is -2.43. The number of ether oxygens (including phenoxy) is 3. The van der Waals surface area contributed by atoms with Gasteiger partial charge in [0.15, 0.2) is 24.2 Å². The van der Waals surface area contributed by atoms with Gasteiger partial charge in [-0.2, -0.15) is 0 Å². The molecule has 1 aromatic heterocycles. The topological polar surface area (TPSA) is 60.9 Å². The van der Waals surface area contributed by atoms with E-state index in [1.807, 2.05) is 30.3 Å². The number of halogens is 1. The Morgan fingerprint density at radius 1 is 1.21 bits per heavy atom. The fourth-order valence-corrected chi connectivity index (χ4v) is 3.25. The number of likely N-dealkylation sites (N-methyl/N-ethyl adjacent to an activating group) is 1. The van der Waals surface area contributed by atoms with E-state index in [0.717, 1.165) is 11.1 Å². The van der Waals surface area contributed by atoms with Gasteiger partial charge in [-0.3, -0.25) is 9.78 Å². The molecule has 6 nitrogen and oxygen atoms in total. The van der Waals surface area contributed by atoms with Crippen LogP contribution in [0.3, 0.4) is 0 Å². The highest BCUT2D eigenvalue weighted by Crippen LogP contribution is 2.31. The smallest absolute Gasteiger partial charge is 0.260 e. The minimum atomic E-state index is -0.234. The lowest BCUT2D eigenvalue weighted by Gasteiger charge is -2.29. The third-order valence-electron chi connectivity index (χ3n) is 4.50. The summed E-state index contributed by atoms with van der Waals surface area (Å²) in [4.78, 5) is 18.4. The van der Waals surface area contributed by atoms with Crippen molar-refractivity contribution in [2.75, 3.05) is 26.8 Å². The van der Waals surface area contributed by atoms with E-state index in [1.165, 1.54) is 0 Å². The quantitative estimate of drug-likeness (QED) is 0.657. The Hall–Kier alpha value is -2.99. The maximum Gasteiger partial charge on any atom is 0.260 e. The second kappa shape index (κ2) is 7.94. The van der Waals surface area contributed by atoms with Crippen LogP contribution in [0.1, 0.15) is 0 Å². The second-order valence-electron chi connectivity index (χ2n) is 6.51. The van der Waals surface area contributed by atoms with Crippen LogP contribution in [-0.2, 0) is 4.79 Å². The van der Waals surface area contributed by atoms with Crippen LogP contribution in [0.4, 0.5) is 0 Å². The van der Waals surface area contributed by atoms with Gasteiger partial charge in [0.1, 0.15) is 17.9 Å². The van der Waals surface area contributed by atoms with Gasteiger partial charge in [0.25, 0.3) is 5.91 Å². The largest absolute Gasteiger partial charge is 0.486 e. The summed E-state index contributed by atoms with van der Waals surface area (Å²) in [5, 5.41) is 1.38. The number of carbonyl (C=O) groups is 1. The monoisotopic (exact) mass is 398 g/mol. The van der Waals surface area contributed by atoms with Crippen molar-refractivity contribution in [1.29, 1.82) is 0 Å². The first kappa shape index (κ1) is 18.4. The van der Waals surface area contributed by atoms with Crippen LogP contribution in [0.5, 0.6) is 17.2 Å². The highest BCUT2D eigenvalue weighted by molar-refractivity contribution is 6.35. The van der Waals surface area contributed by atoms with Gasteiger partial charge in [0.2, 0.25) is 0 Å². The molecule has 2 heterocycles. The van der Waals surface area contributed by atoms with Crippen LogP contribution in [0.15, 0.2) is 54.7 Å². The van der Waals surface area contributed by atoms with E-state index in [2.05, 4.69) is 4.98 Å². The van der Waals surface area contributed by atoms with E-state index in [-0.39, 0.29) is 18.6 Å². The summed E-state index contributed by atoms with van der Waals surface area (Å²) in [6.07, 6.45) is 1.43. The molecule has 0 saturated carbocycles. The number of hydrogen-bond acceptors (Lipinski definition) is 5. The van der Waals surface area contributed by atoms with Crippen LogP contribution in [0.25, 0.3) is 10.9 Å². The summed E-state index contributed by atoms with van der Waals surface area (Å²) < 4.78 is 17.3. The number of carbonyl (C=O) groups excluding carboxylic acids is 1. The van der Waals surface area contributed by atoms with Crippen molar-refractivity contribution in [2.24, 2.45) is 0 Å². The van der Waals surface area contributed by atoms with Gasteiger partial charge in [0, 0.05) is 18.6 Å². The SMILES string of the molecule is CN(CC1COc2ccccc2O1)C(=O)COc1ccc(Cl)c2cccnc12. The Morgan fingerprint density at radius 3 is 2.89 bits per heavy atom. The van der Waals surface area contributed by atoms with E-state index in [4.69, 9.17) is 25.8 Å². The van der Waals surface area contributed by atoms with Crippen LogP contribution >= 0.6 is 11.6 Å². The summed E-state index contributed by atoms with van der Waals surface area (Å²) in [6.45, 7) is 0.686. The van der Waals surface area contributed by atoms with E-state index in [1.54, 1.807) is 36.3 Å². The van der Waals surface area contributed by atoms with Gasteiger partial charge in [-0.05, 0) is 36.4 Å². The van der Waals surface area contributed by atoms with Crippen LogP contribution in [0.2, 0.25) is 5.02 Å². The van der Waals surface area contributed by atoms with Crippen LogP contribution < -0.4 is 14.2 Å². The van der Waals surface area contributed by atoms with Crippen LogP contribution in [-0.4, -0.2) is 48.7 Å². The molecule has 0 fully saturated rings. The molecule has 7 heteroatoms. The molecule has 4 rings (SSSR count). The fraction of sp³-hybridized carbons (Fsp3) is 0.238. The predicted octanol–water partition coefficient (Wildman–Crippen LogP) is 3.57. The number of fused-ring (bicyclic) bond motifs is 2. The number of rotatable bonds is 5. The second-order valence-corrected chi connectivity index (χ2v) is 6.91. The summed E-state index contributed by atoms with van der Waals surface area (Å²) in [5.74, 6) is 1.77. The molecular weight excluding hydrogens is 380 g/mol. The molecule has 1 unspecified atom stereocenters. The molecule has 1 aliphatic heterocycles. The predicted molar refractivity (Wildman–Crippen MR) is 106 cm³/mol. The Labute approximate surface area is 167 Å². The lowest BCUT2D eigenvalue weighted by molar-refractivity contribution is -0.133. The maximum atomic E-state index is 12.5. The van der Waals surface area contributed by atoms with Crippen molar-refractivity contribution in [2.45, 2.75) is 6.10 Å². The minimum absolute atomic E-state index is 0.103. The Balaban J connectivity index is 1.36. The number of para-hydroxylation sites is 2. The molecule has 28 heavy (non-hydrogen) atoms. The first-order valence-corrected chi connectivity index (χ1v) is 9.28. The summed E-state index contributed by atoms with van der Waals surface area (Å²) in [6, 6.07) is 14.6. The zero-order chi connectivity index (χ0) is 19.5. The Kier molecular flexibility index (Phi) is 5.21. The standard InChI is InChI=1S/C21H19ClN2O4/c1-24(11-14-12-26-17-6-2-3-7-18(17)28-14)20(25)13-27-19-9-8-16(22)15-5-4-10-23-21(15)19/h2-10,14H,11-13H2,1H3. The van der Waals surface area contributed by atoms with Crippen molar-refractivity contribution in [1.82, 2.24) is 9.88 Å². The number of aromatic nitrogens is 1. The zero-order valence-corrected chi connectivity index (χ0v) is 16.1. The average molecular weight is 399 g/mol. The van der Waals surface area contributed by atoms with Gasteiger partial charge in [-0.1, -0.05) is 23.7 Å². The molecule has 0 saturated heterocycles. The maximum absolute atomic E-state index is 12.5.